The highest BCUT2D eigenvalue weighted by atomic mass is 16.5. The minimum atomic E-state index is 0.356. The number of nitrogens with zero attached hydrogens (tertiary/aromatic N) is 1. The van der Waals surface area contributed by atoms with Crippen molar-refractivity contribution < 1.29 is 4.74 Å². The van der Waals surface area contributed by atoms with E-state index >= 15 is 0 Å². The summed E-state index contributed by atoms with van der Waals surface area (Å²) in [5.74, 6) is 0.842. The Balaban J connectivity index is 2.21. The van der Waals surface area contributed by atoms with Gasteiger partial charge in [0.05, 0.1) is 12.7 Å². The van der Waals surface area contributed by atoms with E-state index < -0.39 is 0 Å². The smallest absolute Gasteiger partial charge is 0.0596 e. The average molecular weight is 242 g/mol. The standard InChI is InChI=1S/C14H30N2O/c1-4-8-16(9-10-17-13(2)3)12-14-6-5-7-15-11-14/h13-15H,4-12H2,1-3H3. The number of hydrogen-bond donors (Lipinski definition) is 1. The van der Waals surface area contributed by atoms with Gasteiger partial charge in [0.2, 0.25) is 0 Å². The minimum Gasteiger partial charge on any atom is -0.377 e. The summed E-state index contributed by atoms with van der Waals surface area (Å²) < 4.78 is 5.65. The van der Waals surface area contributed by atoms with E-state index in [0.717, 1.165) is 19.1 Å². The molecule has 0 aliphatic carbocycles. The predicted molar refractivity (Wildman–Crippen MR) is 73.4 cm³/mol. The van der Waals surface area contributed by atoms with Gasteiger partial charge in [-0.1, -0.05) is 6.92 Å². The molecular weight excluding hydrogens is 212 g/mol. The molecule has 0 bridgehead atoms. The van der Waals surface area contributed by atoms with Crippen LogP contribution in [-0.2, 0) is 4.74 Å². The second kappa shape index (κ2) is 8.90. The van der Waals surface area contributed by atoms with Gasteiger partial charge in [-0.3, -0.25) is 0 Å². The molecule has 0 saturated carbocycles. The molecule has 1 rings (SSSR count). The third kappa shape index (κ3) is 7.02. The van der Waals surface area contributed by atoms with E-state index in [1.54, 1.807) is 0 Å². The van der Waals surface area contributed by atoms with Crippen LogP contribution in [0.1, 0.15) is 40.0 Å². The van der Waals surface area contributed by atoms with Crippen LogP contribution in [0.25, 0.3) is 0 Å². The van der Waals surface area contributed by atoms with Crippen molar-refractivity contribution in [2.45, 2.75) is 46.1 Å². The molecular formula is C14H30N2O. The third-order valence-corrected chi connectivity index (χ3v) is 3.31. The zero-order valence-electron chi connectivity index (χ0n) is 11.9. The zero-order valence-corrected chi connectivity index (χ0v) is 11.9. The molecule has 1 N–H and O–H groups in total. The molecule has 3 nitrogen and oxygen atoms in total. The summed E-state index contributed by atoms with van der Waals surface area (Å²) >= 11 is 0. The molecule has 1 atom stereocenters. The van der Waals surface area contributed by atoms with Crippen molar-refractivity contribution in [3.05, 3.63) is 0 Å². The topological polar surface area (TPSA) is 24.5 Å². The number of nitrogens with one attached hydrogen (secondary N) is 1. The normalized spacial score (nSPS) is 21.4. The van der Waals surface area contributed by atoms with Gasteiger partial charge in [-0.05, 0) is 58.7 Å². The molecule has 0 aromatic rings. The van der Waals surface area contributed by atoms with Crippen molar-refractivity contribution in [2.24, 2.45) is 5.92 Å². The molecule has 0 radical (unpaired) electrons. The van der Waals surface area contributed by atoms with E-state index in [1.807, 2.05) is 0 Å². The molecule has 102 valence electrons. The van der Waals surface area contributed by atoms with Gasteiger partial charge in [0.25, 0.3) is 0 Å². The molecule has 1 aliphatic heterocycles. The Kier molecular flexibility index (Phi) is 7.82. The number of ether oxygens (including phenoxy) is 1. The third-order valence-electron chi connectivity index (χ3n) is 3.31. The van der Waals surface area contributed by atoms with Gasteiger partial charge in [0.15, 0.2) is 0 Å². The molecule has 17 heavy (non-hydrogen) atoms. The fraction of sp³-hybridized carbons (Fsp3) is 1.00. The molecule has 1 unspecified atom stereocenters. The minimum absolute atomic E-state index is 0.356. The van der Waals surface area contributed by atoms with E-state index in [-0.39, 0.29) is 0 Å². The Morgan fingerprint density at radius 2 is 2.18 bits per heavy atom. The summed E-state index contributed by atoms with van der Waals surface area (Å²) in [7, 11) is 0. The highest BCUT2D eigenvalue weighted by Crippen LogP contribution is 2.12. The van der Waals surface area contributed by atoms with Gasteiger partial charge in [0.1, 0.15) is 0 Å². The first-order chi connectivity index (χ1) is 8.22. The Morgan fingerprint density at radius 1 is 1.35 bits per heavy atom. The van der Waals surface area contributed by atoms with Crippen LogP contribution in [-0.4, -0.2) is 50.3 Å². The van der Waals surface area contributed by atoms with Gasteiger partial charge >= 0.3 is 0 Å². The number of hydrogen-bond acceptors (Lipinski definition) is 3. The van der Waals surface area contributed by atoms with Crippen molar-refractivity contribution in [1.29, 1.82) is 0 Å². The lowest BCUT2D eigenvalue weighted by molar-refractivity contribution is 0.0545. The molecule has 0 amide bonds. The molecule has 1 aliphatic rings. The van der Waals surface area contributed by atoms with Crippen LogP contribution >= 0.6 is 0 Å². The first-order valence-electron chi connectivity index (χ1n) is 7.27. The second-order valence-corrected chi connectivity index (χ2v) is 5.43. The fourth-order valence-corrected chi connectivity index (χ4v) is 2.47. The maximum absolute atomic E-state index is 5.65. The summed E-state index contributed by atoms with van der Waals surface area (Å²) in [5, 5.41) is 3.50. The molecule has 1 heterocycles. The quantitative estimate of drug-likeness (QED) is 0.705. The first-order valence-corrected chi connectivity index (χ1v) is 7.27. The average Bonchev–Trinajstić information content (AvgIpc) is 2.30. The summed E-state index contributed by atoms with van der Waals surface area (Å²) in [6, 6.07) is 0. The van der Waals surface area contributed by atoms with Crippen LogP contribution in [0.3, 0.4) is 0 Å². The molecule has 1 fully saturated rings. The van der Waals surface area contributed by atoms with E-state index in [9.17, 15) is 0 Å². The highest BCUT2D eigenvalue weighted by Gasteiger charge is 2.16. The Hall–Kier alpha value is -0.120. The monoisotopic (exact) mass is 242 g/mol. The second-order valence-electron chi connectivity index (χ2n) is 5.43. The molecule has 3 heteroatoms. The molecule has 0 aromatic heterocycles. The van der Waals surface area contributed by atoms with Gasteiger partial charge in [-0.15, -0.1) is 0 Å². The summed E-state index contributed by atoms with van der Waals surface area (Å²) in [5.41, 5.74) is 0. The van der Waals surface area contributed by atoms with E-state index in [1.165, 1.54) is 45.4 Å². The fourth-order valence-electron chi connectivity index (χ4n) is 2.47. The lowest BCUT2D eigenvalue weighted by atomic mass is 9.99. The van der Waals surface area contributed by atoms with Crippen LogP contribution in [0.5, 0.6) is 0 Å². The number of piperidine rings is 1. The largest absolute Gasteiger partial charge is 0.377 e. The van der Waals surface area contributed by atoms with Crippen LogP contribution in [0.15, 0.2) is 0 Å². The lowest BCUT2D eigenvalue weighted by Crippen LogP contribution is -2.40. The van der Waals surface area contributed by atoms with Crippen molar-refractivity contribution >= 4 is 0 Å². The predicted octanol–water partition coefficient (Wildman–Crippen LogP) is 2.12. The van der Waals surface area contributed by atoms with Gasteiger partial charge in [0, 0.05) is 13.1 Å². The van der Waals surface area contributed by atoms with Crippen molar-refractivity contribution in [3.8, 4) is 0 Å². The Bertz CT molecular complexity index is 179. The van der Waals surface area contributed by atoms with Crippen LogP contribution in [0.4, 0.5) is 0 Å². The van der Waals surface area contributed by atoms with Crippen molar-refractivity contribution in [3.63, 3.8) is 0 Å². The van der Waals surface area contributed by atoms with Crippen LogP contribution in [0, 0.1) is 5.92 Å². The zero-order chi connectivity index (χ0) is 12.5. The maximum atomic E-state index is 5.65. The van der Waals surface area contributed by atoms with Gasteiger partial charge in [-0.25, -0.2) is 0 Å². The number of rotatable bonds is 8. The first kappa shape index (κ1) is 14.9. The summed E-state index contributed by atoms with van der Waals surface area (Å²) in [6.45, 7) is 13.3. The van der Waals surface area contributed by atoms with Crippen LogP contribution < -0.4 is 5.32 Å². The van der Waals surface area contributed by atoms with Crippen LogP contribution in [0.2, 0.25) is 0 Å². The van der Waals surface area contributed by atoms with Gasteiger partial charge < -0.3 is 15.0 Å². The molecule has 1 saturated heterocycles. The molecule has 0 aromatic carbocycles. The highest BCUT2D eigenvalue weighted by molar-refractivity contribution is 4.73. The van der Waals surface area contributed by atoms with Crippen molar-refractivity contribution in [1.82, 2.24) is 10.2 Å². The lowest BCUT2D eigenvalue weighted by Gasteiger charge is -2.30. The Morgan fingerprint density at radius 3 is 2.76 bits per heavy atom. The van der Waals surface area contributed by atoms with E-state index in [2.05, 4.69) is 31.0 Å². The summed E-state index contributed by atoms with van der Waals surface area (Å²) in [6.07, 6.45) is 4.32. The van der Waals surface area contributed by atoms with E-state index in [0.29, 0.717) is 6.10 Å². The van der Waals surface area contributed by atoms with Gasteiger partial charge in [-0.2, -0.15) is 0 Å². The summed E-state index contributed by atoms with van der Waals surface area (Å²) in [4.78, 5) is 2.57. The molecule has 0 spiro atoms. The maximum Gasteiger partial charge on any atom is 0.0596 e. The van der Waals surface area contributed by atoms with E-state index in [4.69, 9.17) is 4.74 Å². The Labute approximate surface area is 107 Å². The van der Waals surface area contributed by atoms with Crippen molar-refractivity contribution in [2.75, 3.05) is 39.3 Å². The SMILES string of the molecule is CCCN(CCOC(C)C)CC1CCCNC1.